The highest BCUT2D eigenvalue weighted by molar-refractivity contribution is 7.89. The molecule has 0 heterocycles. The molecule has 3 rings (SSSR count). The number of hydrogen-bond donors (Lipinski definition) is 2. The minimum absolute atomic E-state index is 0.0117. The molecule has 0 bridgehead atoms. The third-order valence-corrected chi connectivity index (χ3v) is 6.77. The van der Waals surface area contributed by atoms with Crippen molar-refractivity contribution in [3.8, 4) is 5.75 Å². The summed E-state index contributed by atoms with van der Waals surface area (Å²) in [7, 11) is -3.75. The van der Waals surface area contributed by atoms with Gasteiger partial charge in [0.15, 0.2) is 0 Å². The number of sulfonamides is 1. The number of aryl methyl sites for hydroxylation is 2. The summed E-state index contributed by atoms with van der Waals surface area (Å²) >= 11 is 0. The quantitative estimate of drug-likeness (QED) is 0.441. The van der Waals surface area contributed by atoms with Gasteiger partial charge in [-0.05, 0) is 60.4 Å². The lowest BCUT2D eigenvalue weighted by Crippen LogP contribution is -2.33. The van der Waals surface area contributed by atoms with E-state index in [0.29, 0.717) is 5.56 Å². The van der Waals surface area contributed by atoms with Crippen molar-refractivity contribution >= 4 is 15.9 Å². The zero-order chi connectivity index (χ0) is 24.7. The number of benzene rings is 3. The standard InChI is InChI=1S/C25H26F2N2O4S/c1-17-8-13-22(16-18(17)2)34(31,32)28-15-14-23(30)29-24(19-6-4-3-5-7-19)20-9-11-21(12-10-20)33-25(26)27/h3-13,16,24-25,28H,14-15H2,1-2H3,(H,29,30). The molecule has 0 aliphatic rings. The summed E-state index contributed by atoms with van der Waals surface area (Å²) in [6, 6.07) is 19.4. The summed E-state index contributed by atoms with van der Waals surface area (Å²) in [6.07, 6.45) is -0.0833. The average molecular weight is 489 g/mol. The lowest BCUT2D eigenvalue weighted by Gasteiger charge is -2.20. The lowest BCUT2D eigenvalue weighted by molar-refractivity contribution is -0.121. The minimum atomic E-state index is -3.75. The zero-order valence-electron chi connectivity index (χ0n) is 18.8. The zero-order valence-corrected chi connectivity index (χ0v) is 19.6. The molecular weight excluding hydrogens is 462 g/mol. The van der Waals surface area contributed by atoms with Crippen LogP contribution in [0.3, 0.4) is 0 Å². The molecule has 3 aromatic carbocycles. The highest BCUT2D eigenvalue weighted by Gasteiger charge is 2.19. The van der Waals surface area contributed by atoms with E-state index in [-0.39, 0.29) is 29.5 Å². The lowest BCUT2D eigenvalue weighted by atomic mass is 9.98. The first-order chi connectivity index (χ1) is 16.2. The Kier molecular flexibility index (Phi) is 8.36. The first-order valence-corrected chi connectivity index (χ1v) is 12.1. The Bertz CT molecular complexity index is 1220. The molecule has 1 atom stereocenters. The topological polar surface area (TPSA) is 84.5 Å². The van der Waals surface area contributed by atoms with Gasteiger partial charge in [-0.3, -0.25) is 4.79 Å². The highest BCUT2D eigenvalue weighted by atomic mass is 32.2. The van der Waals surface area contributed by atoms with Gasteiger partial charge in [0.2, 0.25) is 15.9 Å². The van der Waals surface area contributed by atoms with Crippen molar-refractivity contribution in [2.24, 2.45) is 0 Å². The van der Waals surface area contributed by atoms with Gasteiger partial charge >= 0.3 is 6.61 Å². The summed E-state index contributed by atoms with van der Waals surface area (Å²) in [6.45, 7) is 0.719. The molecule has 2 N–H and O–H groups in total. The van der Waals surface area contributed by atoms with Gasteiger partial charge in [-0.25, -0.2) is 13.1 Å². The highest BCUT2D eigenvalue weighted by Crippen LogP contribution is 2.25. The van der Waals surface area contributed by atoms with Crippen molar-refractivity contribution in [2.45, 2.75) is 37.8 Å². The summed E-state index contributed by atoms with van der Waals surface area (Å²) in [5.41, 5.74) is 3.29. The van der Waals surface area contributed by atoms with Gasteiger partial charge in [-0.15, -0.1) is 0 Å². The molecule has 0 aliphatic heterocycles. The Morgan fingerprint density at radius 3 is 2.18 bits per heavy atom. The third-order valence-electron chi connectivity index (χ3n) is 5.31. The van der Waals surface area contributed by atoms with Gasteiger partial charge in [-0.1, -0.05) is 48.5 Å². The van der Waals surface area contributed by atoms with Crippen molar-refractivity contribution in [2.75, 3.05) is 6.54 Å². The van der Waals surface area contributed by atoms with Gasteiger partial charge in [0.25, 0.3) is 0 Å². The van der Waals surface area contributed by atoms with Crippen LogP contribution in [0.2, 0.25) is 0 Å². The maximum absolute atomic E-state index is 12.7. The Morgan fingerprint density at radius 1 is 0.912 bits per heavy atom. The Labute approximate surface area is 198 Å². The fraction of sp³-hybridized carbons (Fsp3) is 0.240. The SMILES string of the molecule is Cc1ccc(S(=O)(=O)NCCC(=O)NC(c2ccccc2)c2ccc(OC(F)F)cc2)cc1C. The number of alkyl halides is 2. The van der Waals surface area contributed by atoms with Crippen molar-refractivity contribution in [3.63, 3.8) is 0 Å². The second-order valence-electron chi connectivity index (χ2n) is 7.75. The van der Waals surface area contributed by atoms with Crippen LogP contribution in [-0.4, -0.2) is 27.5 Å². The normalized spacial score (nSPS) is 12.4. The van der Waals surface area contributed by atoms with Crippen LogP contribution in [0, 0.1) is 13.8 Å². The van der Waals surface area contributed by atoms with Crippen LogP contribution in [0.25, 0.3) is 0 Å². The number of rotatable bonds is 10. The Morgan fingerprint density at radius 2 is 1.56 bits per heavy atom. The number of hydrogen-bond acceptors (Lipinski definition) is 4. The van der Waals surface area contributed by atoms with Crippen LogP contribution in [0.4, 0.5) is 8.78 Å². The smallest absolute Gasteiger partial charge is 0.387 e. The number of halogens is 2. The molecule has 3 aromatic rings. The maximum Gasteiger partial charge on any atom is 0.387 e. The summed E-state index contributed by atoms with van der Waals surface area (Å²) < 4.78 is 56.8. The first kappa shape index (κ1) is 25.3. The summed E-state index contributed by atoms with van der Waals surface area (Å²) in [5, 5.41) is 2.89. The molecule has 0 spiro atoms. The number of nitrogens with one attached hydrogen (secondary N) is 2. The summed E-state index contributed by atoms with van der Waals surface area (Å²) in [4.78, 5) is 12.8. The van der Waals surface area contributed by atoms with Gasteiger partial charge in [0.1, 0.15) is 5.75 Å². The van der Waals surface area contributed by atoms with E-state index in [0.717, 1.165) is 16.7 Å². The van der Waals surface area contributed by atoms with Crippen LogP contribution in [0.1, 0.15) is 34.7 Å². The van der Waals surface area contributed by atoms with E-state index in [4.69, 9.17) is 0 Å². The van der Waals surface area contributed by atoms with E-state index in [9.17, 15) is 22.0 Å². The minimum Gasteiger partial charge on any atom is -0.435 e. The molecule has 180 valence electrons. The number of carbonyl (C=O) groups is 1. The van der Waals surface area contributed by atoms with E-state index >= 15 is 0 Å². The Balaban J connectivity index is 1.67. The predicted octanol–water partition coefficient (Wildman–Crippen LogP) is 4.48. The van der Waals surface area contributed by atoms with Crippen LogP contribution in [0.15, 0.2) is 77.7 Å². The number of amides is 1. The Hall–Kier alpha value is -3.30. The summed E-state index contributed by atoms with van der Waals surface area (Å²) in [5.74, 6) is -0.359. The second kappa shape index (κ2) is 11.2. The fourth-order valence-corrected chi connectivity index (χ4v) is 4.46. The largest absolute Gasteiger partial charge is 0.435 e. The molecule has 1 amide bonds. The fourth-order valence-electron chi connectivity index (χ4n) is 3.34. The van der Waals surface area contributed by atoms with Crippen LogP contribution in [0.5, 0.6) is 5.75 Å². The predicted molar refractivity (Wildman–Crippen MR) is 125 cm³/mol. The molecule has 0 aromatic heterocycles. The monoisotopic (exact) mass is 488 g/mol. The first-order valence-electron chi connectivity index (χ1n) is 10.6. The number of carbonyl (C=O) groups excluding carboxylic acids is 1. The van der Waals surface area contributed by atoms with E-state index in [1.54, 1.807) is 24.3 Å². The van der Waals surface area contributed by atoms with E-state index < -0.39 is 22.7 Å². The van der Waals surface area contributed by atoms with Crippen LogP contribution in [-0.2, 0) is 14.8 Å². The molecule has 34 heavy (non-hydrogen) atoms. The van der Waals surface area contributed by atoms with Crippen LogP contribution >= 0.6 is 0 Å². The van der Waals surface area contributed by atoms with Gasteiger partial charge in [0, 0.05) is 13.0 Å². The van der Waals surface area contributed by atoms with Gasteiger partial charge < -0.3 is 10.1 Å². The molecule has 0 saturated heterocycles. The molecule has 0 fully saturated rings. The molecular formula is C25H26F2N2O4S. The number of ether oxygens (including phenoxy) is 1. The molecule has 0 aliphatic carbocycles. The molecule has 9 heteroatoms. The van der Waals surface area contributed by atoms with Gasteiger partial charge in [-0.2, -0.15) is 8.78 Å². The van der Waals surface area contributed by atoms with E-state index in [1.807, 2.05) is 44.2 Å². The third kappa shape index (κ3) is 6.85. The van der Waals surface area contributed by atoms with Crippen LogP contribution < -0.4 is 14.8 Å². The molecule has 0 radical (unpaired) electrons. The van der Waals surface area contributed by atoms with Crippen molar-refractivity contribution in [3.05, 3.63) is 95.1 Å². The van der Waals surface area contributed by atoms with Gasteiger partial charge in [0.05, 0.1) is 10.9 Å². The van der Waals surface area contributed by atoms with E-state index in [2.05, 4.69) is 14.8 Å². The average Bonchev–Trinajstić information content (AvgIpc) is 2.80. The molecule has 6 nitrogen and oxygen atoms in total. The van der Waals surface area contributed by atoms with Crippen molar-refractivity contribution in [1.29, 1.82) is 0 Å². The van der Waals surface area contributed by atoms with Crippen molar-refractivity contribution in [1.82, 2.24) is 10.0 Å². The maximum atomic E-state index is 12.7. The second-order valence-corrected chi connectivity index (χ2v) is 9.52. The molecule has 1 unspecified atom stereocenters. The van der Waals surface area contributed by atoms with Crippen molar-refractivity contribution < 1.29 is 26.7 Å². The molecule has 0 saturated carbocycles. The van der Waals surface area contributed by atoms with E-state index in [1.165, 1.54) is 18.2 Å².